The van der Waals surface area contributed by atoms with Crippen molar-refractivity contribution in [3.05, 3.63) is 0 Å². The summed E-state index contributed by atoms with van der Waals surface area (Å²) >= 11 is 0. The summed E-state index contributed by atoms with van der Waals surface area (Å²) in [5, 5.41) is 8.12. The van der Waals surface area contributed by atoms with Crippen LogP contribution in [0, 0.1) is 0 Å². The van der Waals surface area contributed by atoms with E-state index in [1.807, 2.05) is 0 Å². The van der Waals surface area contributed by atoms with Gasteiger partial charge in [-0.1, -0.05) is 0 Å². The van der Waals surface area contributed by atoms with Crippen LogP contribution in [0.15, 0.2) is 0 Å². The maximum Gasteiger partial charge on any atom is 1.00 e. The fraction of sp³-hybridized carbons (Fsp3) is 0. The fourth-order valence-electron chi connectivity index (χ4n) is 0. The number of hydrogen-bond acceptors (Lipinski definition) is 5. The molecule has 0 saturated carbocycles. The fourth-order valence-corrected chi connectivity index (χ4v) is 0. The van der Waals surface area contributed by atoms with Gasteiger partial charge in [0.1, 0.15) is 0 Å². The Labute approximate surface area is 126 Å². The standard InChI is InChI=1S/CO2.3Na.O3Si/c2-1-3;;;;1-4(2)3/q-1;3*+1;-2. The third-order valence-corrected chi connectivity index (χ3v) is 0. The average molecular weight is 189 g/mol. The van der Waals surface area contributed by atoms with E-state index >= 15 is 0 Å². The van der Waals surface area contributed by atoms with E-state index in [0.29, 0.717) is 0 Å². The van der Waals surface area contributed by atoms with Gasteiger partial charge in [-0.25, -0.2) is 0 Å². The molecule has 0 atom stereocenters. The Morgan fingerprint density at radius 2 is 1.10 bits per heavy atom. The summed E-state index contributed by atoms with van der Waals surface area (Å²) in [6.07, 6.45) is 0. The van der Waals surface area contributed by atoms with Gasteiger partial charge in [-0.05, 0) is 0 Å². The first-order valence-electron chi connectivity index (χ1n) is 1.02. The molecule has 0 aliphatic carbocycles. The maximum atomic E-state index is 8.52. The van der Waals surface area contributed by atoms with Gasteiger partial charge in [-0.3, -0.25) is 0 Å². The third-order valence-electron chi connectivity index (χ3n) is 0. The molecule has 0 aliphatic heterocycles. The smallest absolute Gasteiger partial charge is 0.672 e. The van der Waals surface area contributed by atoms with E-state index in [-0.39, 0.29) is 95.1 Å². The van der Waals surface area contributed by atoms with Crippen LogP contribution in [0.3, 0.4) is 0 Å². The third kappa shape index (κ3) is 191. The number of rotatable bonds is 0. The largest absolute Gasteiger partial charge is 1.00 e. The first kappa shape index (κ1) is 29.6. The quantitative estimate of drug-likeness (QED) is 0.352. The summed E-state index contributed by atoms with van der Waals surface area (Å²) in [5.74, 6) is 0. The van der Waals surface area contributed by atoms with Crippen LogP contribution in [0.25, 0.3) is 0 Å². The van der Waals surface area contributed by atoms with Crippen molar-refractivity contribution in [2.24, 2.45) is 0 Å². The molecule has 0 saturated heterocycles. The van der Waals surface area contributed by atoms with Crippen molar-refractivity contribution in [1.29, 1.82) is 0 Å². The molecule has 0 unspecified atom stereocenters. The Bertz CT molecular complexity index is 63.9. The summed E-state index contributed by atoms with van der Waals surface area (Å²) in [7, 11) is -3.63. The molecule has 0 fully saturated rings. The maximum absolute atomic E-state index is 8.52. The topological polar surface area (TPSA) is 103 Å². The van der Waals surface area contributed by atoms with Gasteiger partial charge >= 0.3 is 88.7 Å². The van der Waals surface area contributed by atoms with Crippen molar-refractivity contribution in [2.75, 3.05) is 0 Å². The van der Waals surface area contributed by atoms with Gasteiger partial charge in [0.25, 0.3) is 0 Å². The van der Waals surface area contributed by atoms with E-state index in [4.69, 9.17) is 24.0 Å². The van der Waals surface area contributed by atoms with Crippen LogP contribution in [0.4, 0.5) is 0 Å². The Morgan fingerprint density at radius 1 is 1.10 bits per heavy atom. The summed E-state index contributed by atoms with van der Waals surface area (Å²) in [6, 6.07) is 0. The van der Waals surface area contributed by atoms with Crippen LogP contribution in [-0.2, 0) is 9.26 Å². The molecule has 0 spiro atoms. The molecular weight excluding hydrogens is 189 g/mol. The summed E-state index contributed by atoms with van der Waals surface area (Å²) < 4.78 is 8.52. The zero-order valence-corrected chi connectivity index (χ0v) is 13.0. The minimum absolute atomic E-state index is 0. The van der Waals surface area contributed by atoms with Crippen molar-refractivity contribution in [3.8, 4) is 0 Å². The van der Waals surface area contributed by atoms with Crippen molar-refractivity contribution < 1.29 is 113 Å². The van der Waals surface area contributed by atoms with Crippen LogP contribution in [0.1, 0.15) is 0 Å². The van der Waals surface area contributed by atoms with E-state index < -0.39 is 9.17 Å². The summed E-state index contributed by atoms with van der Waals surface area (Å²) in [5.41, 5.74) is 0. The Balaban J connectivity index is -0.0000000131. The molecule has 0 rings (SSSR count). The molecule has 0 aliphatic rings. The van der Waals surface area contributed by atoms with E-state index in [1.165, 1.54) is 0 Å². The van der Waals surface area contributed by atoms with Crippen molar-refractivity contribution in [1.82, 2.24) is 0 Å². The average Bonchev–Trinajstić information content (AvgIpc) is 1.33. The molecule has 0 aromatic carbocycles. The van der Waals surface area contributed by atoms with Crippen molar-refractivity contribution >= 4 is 15.6 Å². The number of carbonyl (C=O) groups excluding carboxylic acids is 1. The van der Waals surface area contributed by atoms with Crippen LogP contribution in [-0.4, -0.2) is 15.6 Å². The Morgan fingerprint density at radius 3 is 1.10 bits per heavy atom. The van der Waals surface area contributed by atoms with Gasteiger partial charge in [-0.15, -0.1) is 0 Å². The van der Waals surface area contributed by atoms with Crippen LogP contribution < -0.4 is 103 Å². The Kier molecular flexibility index (Phi) is 90.1. The first-order chi connectivity index (χ1) is 3.15. The SMILES string of the molecule is O=[C][O-].O=[Si]([O-])[O-].[Na+].[Na+].[Na+]. The molecule has 0 amide bonds. The van der Waals surface area contributed by atoms with Crippen molar-refractivity contribution in [2.45, 2.75) is 0 Å². The second kappa shape index (κ2) is 30.4. The minimum atomic E-state index is -3.63. The van der Waals surface area contributed by atoms with E-state index in [0.717, 1.165) is 0 Å². The van der Waals surface area contributed by atoms with Gasteiger partial charge in [-0.2, -0.15) is 0 Å². The first-order valence-corrected chi connectivity index (χ1v) is 2.25. The van der Waals surface area contributed by atoms with E-state index in [9.17, 15) is 0 Å². The Hall–Kier alpha value is 2.09. The van der Waals surface area contributed by atoms with E-state index in [1.54, 1.807) is 0 Å². The van der Waals surface area contributed by atoms with Crippen LogP contribution in [0.5, 0.6) is 0 Å². The monoisotopic (exact) mass is 189 g/mol. The van der Waals surface area contributed by atoms with Crippen molar-refractivity contribution in [3.63, 3.8) is 0 Å². The van der Waals surface area contributed by atoms with Gasteiger partial charge in [0.15, 0.2) is 0 Å². The molecule has 1 radical (unpaired) electrons. The molecule has 41 valence electrons. The molecule has 9 heteroatoms. The van der Waals surface area contributed by atoms with Crippen LogP contribution in [0.2, 0.25) is 0 Å². The minimum Gasteiger partial charge on any atom is -0.672 e. The van der Waals surface area contributed by atoms with Gasteiger partial charge < -0.3 is 24.0 Å². The predicted molar refractivity (Wildman–Crippen MR) is 12.1 cm³/mol. The predicted octanol–water partition coefficient (Wildman–Crippen LogP) is -13.6. The zero-order valence-electron chi connectivity index (χ0n) is 6.04. The molecule has 0 aromatic heterocycles. The second-order valence-corrected chi connectivity index (χ2v) is 0.833. The normalized spacial score (nSPS) is 3.60. The molecular formula is CNa3O5Si. The molecule has 0 heterocycles. The molecule has 10 heavy (non-hydrogen) atoms. The van der Waals surface area contributed by atoms with Gasteiger partial charge in [0, 0.05) is 9.17 Å². The number of hydrogen-bond donors (Lipinski definition) is 0. The summed E-state index contributed by atoms with van der Waals surface area (Å²) in [6.45, 7) is 0.250. The molecule has 5 nitrogen and oxygen atoms in total. The van der Waals surface area contributed by atoms with Gasteiger partial charge in [0.2, 0.25) is 0 Å². The molecule has 0 bridgehead atoms. The molecule has 0 N–H and O–H groups in total. The van der Waals surface area contributed by atoms with E-state index in [2.05, 4.69) is 0 Å². The van der Waals surface area contributed by atoms with Gasteiger partial charge in [0.05, 0.1) is 6.47 Å². The molecule has 0 aromatic rings. The zero-order chi connectivity index (χ0) is 6.28. The van der Waals surface area contributed by atoms with Crippen LogP contribution >= 0.6 is 0 Å². The summed E-state index contributed by atoms with van der Waals surface area (Å²) in [4.78, 5) is 25.2. The second-order valence-electron chi connectivity index (χ2n) is 0.333.